The number of hydrogen-bond donors (Lipinski definition) is 0. The fourth-order valence-electron chi connectivity index (χ4n) is 2.08. The predicted molar refractivity (Wildman–Crippen MR) is 70.1 cm³/mol. The molecule has 0 aromatic heterocycles. The fourth-order valence-corrected chi connectivity index (χ4v) is 2.08. The van der Waals surface area contributed by atoms with E-state index in [4.69, 9.17) is 0 Å². The Bertz CT molecular complexity index is 417. The minimum absolute atomic E-state index is 0. The molecule has 0 spiro atoms. The lowest BCUT2D eigenvalue weighted by molar-refractivity contribution is 1.26. The molecule has 0 unspecified atom stereocenters. The molecule has 70 valence electrons. The monoisotopic (exact) mass is 294 g/mol. The third kappa shape index (κ3) is 1.36. The molecule has 0 heterocycles. The molecule has 1 aliphatic rings. The van der Waals surface area contributed by atoms with Crippen molar-refractivity contribution in [3.05, 3.63) is 59.7 Å². The van der Waals surface area contributed by atoms with Gasteiger partial charge < -0.3 is 0 Å². The Hall–Kier alpha value is -0.830. The summed E-state index contributed by atoms with van der Waals surface area (Å²) in [5, 5.41) is 0. The van der Waals surface area contributed by atoms with Crippen molar-refractivity contribution in [1.29, 1.82) is 0 Å². The molecule has 2 aromatic rings. The smallest absolute Gasteiger partial charge is 0.00135 e. The normalized spacial score (nSPS) is 11.4. The second kappa shape index (κ2) is 3.73. The first kappa shape index (κ1) is 9.71. The van der Waals surface area contributed by atoms with Crippen LogP contribution in [0.15, 0.2) is 48.5 Å². The first-order valence-corrected chi connectivity index (χ1v) is 4.61. The van der Waals surface area contributed by atoms with Crippen molar-refractivity contribution in [2.75, 3.05) is 0 Å². The van der Waals surface area contributed by atoms with Crippen molar-refractivity contribution in [3.63, 3.8) is 0 Å². The highest BCUT2D eigenvalue weighted by atomic mass is 127. The van der Waals surface area contributed by atoms with Gasteiger partial charge in [0.1, 0.15) is 0 Å². The molecule has 1 heteroatoms. The van der Waals surface area contributed by atoms with Crippen molar-refractivity contribution < 1.29 is 0 Å². The van der Waals surface area contributed by atoms with Gasteiger partial charge in [0.15, 0.2) is 0 Å². The number of benzene rings is 2. The van der Waals surface area contributed by atoms with Gasteiger partial charge in [-0.05, 0) is 28.7 Å². The van der Waals surface area contributed by atoms with Gasteiger partial charge in [0.05, 0.1) is 0 Å². The summed E-state index contributed by atoms with van der Waals surface area (Å²) < 4.78 is 0. The summed E-state index contributed by atoms with van der Waals surface area (Å²) in [6.07, 6.45) is 1.10. The lowest BCUT2D eigenvalue weighted by Crippen LogP contribution is -1.77. The minimum atomic E-state index is 0. The molecule has 0 radical (unpaired) electrons. The van der Waals surface area contributed by atoms with Crippen LogP contribution < -0.4 is 0 Å². The molecule has 14 heavy (non-hydrogen) atoms. The van der Waals surface area contributed by atoms with E-state index in [1.165, 1.54) is 22.3 Å². The van der Waals surface area contributed by atoms with Gasteiger partial charge in [-0.3, -0.25) is 0 Å². The highest BCUT2D eigenvalue weighted by Crippen LogP contribution is 2.35. The molecule has 0 saturated carbocycles. The Morgan fingerprint density at radius 3 is 1.57 bits per heavy atom. The van der Waals surface area contributed by atoms with Crippen LogP contribution in [0.5, 0.6) is 0 Å². The van der Waals surface area contributed by atoms with Gasteiger partial charge in [0.25, 0.3) is 0 Å². The van der Waals surface area contributed by atoms with Gasteiger partial charge in [0, 0.05) is 0 Å². The van der Waals surface area contributed by atoms with Gasteiger partial charge in [-0.1, -0.05) is 48.5 Å². The van der Waals surface area contributed by atoms with E-state index < -0.39 is 0 Å². The molecule has 0 fully saturated rings. The molecule has 0 atom stereocenters. The number of hydrogen-bond acceptors (Lipinski definition) is 0. The highest BCUT2D eigenvalue weighted by molar-refractivity contribution is 14.0. The van der Waals surface area contributed by atoms with Gasteiger partial charge in [-0.25, -0.2) is 0 Å². The second-order valence-electron chi connectivity index (χ2n) is 3.49. The van der Waals surface area contributed by atoms with Crippen molar-refractivity contribution in [2.45, 2.75) is 6.42 Å². The summed E-state index contributed by atoms with van der Waals surface area (Å²) in [4.78, 5) is 0. The fraction of sp³-hybridized carbons (Fsp3) is 0.0769. The van der Waals surface area contributed by atoms with E-state index in [-0.39, 0.29) is 24.0 Å². The Balaban J connectivity index is 0.000000750. The Kier molecular flexibility index (Phi) is 2.59. The van der Waals surface area contributed by atoms with Crippen LogP contribution in [0.4, 0.5) is 0 Å². The third-order valence-electron chi connectivity index (χ3n) is 2.71. The standard InChI is InChI=1S/C13H10.HI/c1-3-7-12-10(5-1)9-11-6-2-4-8-13(11)12;/h1-8H,9H2;1H. The largest absolute Gasteiger partial charge is 0.107 e. The molecule has 2 aromatic carbocycles. The molecule has 0 amide bonds. The molecule has 0 N–H and O–H groups in total. The number of rotatable bonds is 0. The van der Waals surface area contributed by atoms with E-state index in [2.05, 4.69) is 48.5 Å². The maximum absolute atomic E-state index is 2.22. The summed E-state index contributed by atoms with van der Waals surface area (Å²) in [5.74, 6) is 0. The molecule has 0 aliphatic heterocycles. The molecule has 0 bridgehead atoms. The zero-order valence-corrected chi connectivity index (χ0v) is 10.1. The summed E-state index contributed by atoms with van der Waals surface area (Å²) in [6.45, 7) is 0. The maximum Gasteiger partial charge on any atom is -0.00135 e. The Morgan fingerprint density at radius 2 is 1.07 bits per heavy atom. The average molecular weight is 294 g/mol. The first-order valence-electron chi connectivity index (χ1n) is 4.61. The molecular weight excluding hydrogens is 283 g/mol. The van der Waals surface area contributed by atoms with Crippen LogP contribution in [0.1, 0.15) is 11.1 Å². The van der Waals surface area contributed by atoms with E-state index in [1.807, 2.05) is 0 Å². The average Bonchev–Trinajstić information content (AvgIpc) is 2.56. The minimum Gasteiger partial charge on any atom is -0.107 e. The van der Waals surface area contributed by atoms with E-state index in [0.717, 1.165) is 6.42 Å². The van der Waals surface area contributed by atoms with E-state index >= 15 is 0 Å². The number of halogens is 1. The van der Waals surface area contributed by atoms with E-state index in [0.29, 0.717) is 0 Å². The maximum atomic E-state index is 2.22. The zero-order chi connectivity index (χ0) is 8.67. The van der Waals surface area contributed by atoms with Crippen LogP contribution in [0, 0.1) is 0 Å². The molecule has 1 aliphatic carbocycles. The zero-order valence-electron chi connectivity index (χ0n) is 7.73. The van der Waals surface area contributed by atoms with Gasteiger partial charge in [-0.2, -0.15) is 0 Å². The van der Waals surface area contributed by atoms with Crippen LogP contribution >= 0.6 is 24.0 Å². The van der Waals surface area contributed by atoms with Crippen LogP contribution in [-0.4, -0.2) is 0 Å². The second-order valence-corrected chi connectivity index (χ2v) is 3.49. The summed E-state index contributed by atoms with van der Waals surface area (Å²) in [6, 6.07) is 17.3. The topological polar surface area (TPSA) is 0 Å². The quantitative estimate of drug-likeness (QED) is 0.552. The van der Waals surface area contributed by atoms with Crippen molar-refractivity contribution >= 4 is 24.0 Å². The summed E-state index contributed by atoms with van der Waals surface area (Å²) >= 11 is 0. The summed E-state index contributed by atoms with van der Waals surface area (Å²) in [5.41, 5.74) is 5.75. The van der Waals surface area contributed by atoms with Gasteiger partial charge in [-0.15, -0.1) is 24.0 Å². The van der Waals surface area contributed by atoms with E-state index in [1.54, 1.807) is 0 Å². The van der Waals surface area contributed by atoms with Crippen molar-refractivity contribution in [1.82, 2.24) is 0 Å². The van der Waals surface area contributed by atoms with Crippen LogP contribution in [-0.2, 0) is 6.42 Å². The highest BCUT2D eigenvalue weighted by Gasteiger charge is 2.15. The first-order chi connectivity index (χ1) is 6.45. The van der Waals surface area contributed by atoms with Crippen LogP contribution in [0.25, 0.3) is 11.1 Å². The van der Waals surface area contributed by atoms with Crippen LogP contribution in [0.3, 0.4) is 0 Å². The lowest BCUT2D eigenvalue weighted by atomic mass is 10.1. The molecule has 0 nitrogen and oxygen atoms in total. The van der Waals surface area contributed by atoms with Gasteiger partial charge >= 0.3 is 0 Å². The molecule has 0 saturated heterocycles. The molecule has 3 rings (SSSR count). The predicted octanol–water partition coefficient (Wildman–Crippen LogP) is 3.88. The Morgan fingerprint density at radius 1 is 0.643 bits per heavy atom. The SMILES string of the molecule is I.c1ccc2c(c1)Cc1ccccc1-2. The van der Waals surface area contributed by atoms with Crippen molar-refractivity contribution in [2.24, 2.45) is 0 Å². The molecular formula is C13H11I. The van der Waals surface area contributed by atoms with Crippen molar-refractivity contribution in [3.8, 4) is 11.1 Å². The third-order valence-corrected chi connectivity index (χ3v) is 2.71. The number of fused-ring (bicyclic) bond motifs is 3. The Labute approximate surface area is 101 Å². The van der Waals surface area contributed by atoms with Crippen LogP contribution in [0.2, 0.25) is 0 Å². The van der Waals surface area contributed by atoms with E-state index in [9.17, 15) is 0 Å². The lowest BCUT2D eigenvalue weighted by Gasteiger charge is -1.98. The van der Waals surface area contributed by atoms with Gasteiger partial charge in [0.2, 0.25) is 0 Å². The summed E-state index contributed by atoms with van der Waals surface area (Å²) in [7, 11) is 0.